The summed E-state index contributed by atoms with van der Waals surface area (Å²) in [6.45, 7) is 22.3. The van der Waals surface area contributed by atoms with Crippen LogP contribution in [0.5, 0.6) is 0 Å². The molecular formula is C48H97N. The third-order valence-corrected chi connectivity index (χ3v) is 10.8. The molecule has 0 saturated heterocycles. The summed E-state index contributed by atoms with van der Waals surface area (Å²) in [6.07, 6.45) is 51.1. The number of allylic oxidation sites excluding steroid dienone is 2. The van der Waals surface area contributed by atoms with Gasteiger partial charge in [-0.1, -0.05) is 233 Å². The van der Waals surface area contributed by atoms with Crippen LogP contribution in [0.4, 0.5) is 0 Å². The van der Waals surface area contributed by atoms with E-state index in [9.17, 15) is 0 Å². The minimum absolute atomic E-state index is 0.835. The van der Waals surface area contributed by atoms with E-state index in [1.807, 2.05) is 6.08 Å². The van der Waals surface area contributed by atoms with Crippen molar-refractivity contribution < 1.29 is 0 Å². The lowest BCUT2D eigenvalue weighted by Crippen LogP contribution is -2.16. The highest BCUT2D eigenvalue weighted by Gasteiger charge is 2.06. The Kier molecular flexibility index (Phi) is 46.9. The lowest BCUT2D eigenvalue weighted by Gasteiger charge is -2.14. The van der Waals surface area contributed by atoms with E-state index in [-0.39, 0.29) is 0 Å². The predicted molar refractivity (Wildman–Crippen MR) is 229 cm³/mol. The van der Waals surface area contributed by atoms with Gasteiger partial charge < -0.3 is 5.32 Å². The fourth-order valence-corrected chi connectivity index (χ4v) is 7.30. The first-order valence-electron chi connectivity index (χ1n) is 23.0. The molecule has 0 fully saturated rings. The van der Waals surface area contributed by atoms with E-state index >= 15 is 0 Å². The summed E-state index contributed by atoms with van der Waals surface area (Å²) in [5.74, 6) is 1.86. The van der Waals surface area contributed by atoms with Gasteiger partial charge in [-0.2, -0.15) is 0 Å². The summed E-state index contributed by atoms with van der Waals surface area (Å²) in [7, 11) is 0. The van der Waals surface area contributed by atoms with Gasteiger partial charge in [-0.05, 0) is 69.9 Å². The number of hydrogen-bond acceptors (Lipinski definition) is 1. The van der Waals surface area contributed by atoms with Gasteiger partial charge in [-0.25, -0.2) is 0 Å². The molecule has 0 amide bonds. The monoisotopic (exact) mass is 688 g/mol. The Morgan fingerprint density at radius 1 is 0.490 bits per heavy atom. The van der Waals surface area contributed by atoms with Crippen LogP contribution in [0.1, 0.15) is 259 Å². The first-order valence-corrected chi connectivity index (χ1v) is 23.0. The van der Waals surface area contributed by atoms with Gasteiger partial charge in [-0.3, -0.25) is 0 Å². The van der Waals surface area contributed by atoms with Gasteiger partial charge >= 0.3 is 0 Å². The first kappa shape index (κ1) is 50.5. The van der Waals surface area contributed by atoms with E-state index in [2.05, 4.69) is 53.1 Å². The van der Waals surface area contributed by atoms with Crippen molar-refractivity contribution in [2.24, 2.45) is 11.8 Å². The maximum Gasteiger partial charge on any atom is -0.00489 e. The molecule has 0 saturated carbocycles. The van der Waals surface area contributed by atoms with Gasteiger partial charge in [0.05, 0.1) is 0 Å². The molecule has 1 heteroatoms. The van der Waals surface area contributed by atoms with Gasteiger partial charge in [-0.15, -0.1) is 6.58 Å². The fourth-order valence-electron chi connectivity index (χ4n) is 7.30. The highest BCUT2D eigenvalue weighted by molar-refractivity contribution is 4.95. The first-order chi connectivity index (χ1) is 24.0. The summed E-state index contributed by atoms with van der Waals surface area (Å²) in [5.41, 5.74) is 1.50. The average Bonchev–Trinajstić information content (AvgIpc) is 3.10. The molecule has 0 spiro atoms. The SMILES string of the molecule is C=CCCCCCCCNCCCCCCCC(=C)CC(C)CCCCCCCC.CCCCCCCCC(CC)CCCCCCCC. The summed E-state index contributed by atoms with van der Waals surface area (Å²) >= 11 is 0. The smallest absolute Gasteiger partial charge is 0.00489 e. The Balaban J connectivity index is 0. The van der Waals surface area contributed by atoms with E-state index < -0.39 is 0 Å². The van der Waals surface area contributed by atoms with Crippen molar-refractivity contribution in [2.75, 3.05) is 13.1 Å². The minimum Gasteiger partial charge on any atom is -0.317 e. The molecule has 0 heterocycles. The number of unbranched alkanes of at least 4 members (excludes halogenated alkanes) is 24. The Bertz CT molecular complexity index is 592. The Morgan fingerprint density at radius 2 is 0.878 bits per heavy atom. The Morgan fingerprint density at radius 3 is 1.33 bits per heavy atom. The molecule has 1 atom stereocenters. The van der Waals surface area contributed by atoms with Crippen molar-refractivity contribution in [1.29, 1.82) is 0 Å². The highest BCUT2D eigenvalue weighted by atomic mass is 14.8. The summed E-state index contributed by atoms with van der Waals surface area (Å²) in [6, 6.07) is 0. The third kappa shape index (κ3) is 45.4. The molecule has 0 aromatic carbocycles. The summed E-state index contributed by atoms with van der Waals surface area (Å²) in [4.78, 5) is 0. The molecule has 0 aliphatic heterocycles. The second-order valence-electron chi connectivity index (χ2n) is 16.1. The predicted octanol–water partition coefficient (Wildman–Crippen LogP) is 17.3. The van der Waals surface area contributed by atoms with Crippen LogP contribution in [-0.4, -0.2) is 13.1 Å². The Labute approximate surface area is 313 Å². The largest absolute Gasteiger partial charge is 0.317 e. The van der Waals surface area contributed by atoms with Crippen LogP contribution in [0.3, 0.4) is 0 Å². The van der Waals surface area contributed by atoms with E-state index in [0.717, 1.165) is 11.8 Å². The molecule has 0 aliphatic carbocycles. The van der Waals surface area contributed by atoms with E-state index in [1.165, 1.54) is 243 Å². The second kappa shape index (κ2) is 45.5. The van der Waals surface area contributed by atoms with Gasteiger partial charge in [0.2, 0.25) is 0 Å². The van der Waals surface area contributed by atoms with E-state index in [1.54, 1.807) is 0 Å². The lowest BCUT2D eigenvalue weighted by atomic mass is 9.92. The van der Waals surface area contributed by atoms with Crippen LogP contribution in [0.2, 0.25) is 0 Å². The molecule has 0 aliphatic rings. The number of hydrogen-bond donors (Lipinski definition) is 1. The van der Waals surface area contributed by atoms with Gasteiger partial charge in [0.15, 0.2) is 0 Å². The molecule has 0 aromatic heterocycles. The van der Waals surface area contributed by atoms with Crippen molar-refractivity contribution >= 4 is 0 Å². The molecule has 0 aromatic rings. The van der Waals surface area contributed by atoms with Crippen LogP contribution >= 0.6 is 0 Å². The fraction of sp³-hybridized carbons (Fsp3) is 0.917. The summed E-state index contributed by atoms with van der Waals surface area (Å²) < 4.78 is 0. The molecular weight excluding hydrogens is 591 g/mol. The van der Waals surface area contributed by atoms with Crippen molar-refractivity contribution in [3.8, 4) is 0 Å². The van der Waals surface area contributed by atoms with Crippen molar-refractivity contribution in [1.82, 2.24) is 5.32 Å². The average molecular weight is 688 g/mol. The molecule has 1 nitrogen and oxygen atoms in total. The Hall–Kier alpha value is -0.560. The van der Waals surface area contributed by atoms with E-state index in [0.29, 0.717) is 0 Å². The maximum absolute atomic E-state index is 4.35. The molecule has 0 radical (unpaired) electrons. The molecule has 0 bridgehead atoms. The molecule has 294 valence electrons. The zero-order valence-corrected chi connectivity index (χ0v) is 35.3. The summed E-state index contributed by atoms with van der Waals surface area (Å²) in [5, 5.41) is 3.62. The van der Waals surface area contributed by atoms with Crippen molar-refractivity contribution in [3.63, 3.8) is 0 Å². The number of rotatable bonds is 40. The van der Waals surface area contributed by atoms with Gasteiger partial charge in [0.25, 0.3) is 0 Å². The third-order valence-electron chi connectivity index (χ3n) is 10.8. The molecule has 1 unspecified atom stereocenters. The van der Waals surface area contributed by atoms with Crippen LogP contribution in [-0.2, 0) is 0 Å². The molecule has 49 heavy (non-hydrogen) atoms. The zero-order valence-electron chi connectivity index (χ0n) is 35.3. The quantitative estimate of drug-likeness (QED) is 0.0499. The van der Waals surface area contributed by atoms with E-state index in [4.69, 9.17) is 0 Å². The van der Waals surface area contributed by atoms with Crippen LogP contribution in [0.15, 0.2) is 24.8 Å². The maximum atomic E-state index is 4.35. The van der Waals surface area contributed by atoms with Crippen LogP contribution in [0.25, 0.3) is 0 Å². The highest BCUT2D eigenvalue weighted by Crippen LogP contribution is 2.23. The van der Waals surface area contributed by atoms with Crippen LogP contribution < -0.4 is 5.32 Å². The second-order valence-corrected chi connectivity index (χ2v) is 16.1. The normalized spacial score (nSPS) is 11.9. The topological polar surface area (TPSA) is 12.0 Å². The molecule has 1 N–H and O–H groups in total. The van der Waals surface area contributed by atoms with Crippen molar-refractivity contribution in [2.45, 2.75) is 259 Å². The van der Waals surface area contributed by atoms with Gasteiger partial charge in [0.1, 0.15) is 0 Å². The van der Waals surface area contributed by atoms with Crippen LogP contribution in [0, 0.1) is 11.8 Å². The zero-order chi connectivity index (χ0) is 36.3. The number of nitrogens with one attached hydrogen (secondary N) is 1. The lowest BCUT2D eigenvalue weighted by molar-refractivity contribution is 0.393. The molecule has 0 rings (SSSR count). The standard InChI is InChI=1S/C29H57N.C19H40/c1-5-7-9-11-13-17-21-25-30-26-22-18-14-16-20-24-29(4)27-28(3)23-19-15-12-10-8-6-2;1-4-7-9-11-13-15-17-19(6-3)18-16-14-12-10-8-5-2/h5,28,30H,1,4,6-27H2,2-3H3;19H,4-18H2,1-3H3. The van der Waals surface area contributed by atoms with Gasteiger partial charge in [0, 0.05) is 0 Å². The van der Waals surface area contributed by atoms with Crippen molar-refractivity contribution in [3.05, 3.63) is 24.8 Å². The minimum atomic E-state index is 0.835.